The highest BCUT2D eigenvalue weighted by atomic mass is 16.5. The molecule has 0 aliphatic heterocycles. The number of methoxy groups -OCH3 is 1. The summed E-state index contributed by atoms with van der Waals surface area (Å²) >= 11 is 0. The topological polar surface area (TPSA) is 50.4 Å². The molecule has 19 heavy (non-hydrogen) atoms. The molecule has 0 heterocycles. The van der Waals surface area contributed by atoms with Crippen LogP contribution in [0.3, 0.4) is 0 Å². The van der Waals surface area contributed by atoms with Gasteiger partial charge in [-0.2, -0.15) is 0 Å². The summed E-state index contributed by atoms with van der Waals surface area (Å²) in [6.07, 6.45) is 0.484. The van der Waals surface area contributed by atoms with E-state index in [4.69, 9.17) is 4.74 Å². The minimum absolute atomic E-state index is 0.0785. The molecule has 0 spiro atoms. The van der Waals surface area contributed by atoms with E-state index in [1.807, 2.05) is 38.1 Å². The molecular formula is C15H24N2O2. The van der Waals surface area contributed by atoms with Crippen molar-refractivity contribution >= 4 is 5.91 Å². The molecule has 106 valence electrons. The summed E-state index contributed by atoms with van der Waals surface area (Å²) in [5.74, 6) is 0.948. The molecule has 0 bridgehead atoms. The molecule has 0 aromatic heterocycles. The van der Waals surface area contributed by atoms with E-state index in [2.05, 4.69) is 17.6 Å². The molecule has 0 saturated heterocycles. The van der Waals surface area contributed by atoms with Gasteiger partial charge in [0.2, 0.25) is 5.91 Å². The maximum absolute atomic E-state index is 11.5. The van der Waals surface area contributed by atoms with Crippen LogP contribution in [0.1, 0.15) is 38.8 Å². The van der Waals surface area contributed by atoms with Gasteiger partial charge in [-0.1, -0.05) is 18.2 Å². The third-order valence-electron chi connectivity index (χ3n) is 2.86. The zero-order valence-electron chi connectivity index (χ0n) is 12.2. The Balaban J connectivity index is 2.43. The van der Waals surface area contributed by atoms with Crippen molar-refractivity contribution in [1.82, 2.24) is 10.6 Å². The van der Waals surface area contributed by atoms with Gasteiger partial charge in [-0.15, -0.1) is 0 Å². The van der Waals surface area contributed by atoms with Crippen molar-refractivity contribution in [2.75, 3.05) is 13.7 Å². The Morgan fingerprint density at radius 3 is 2.58 bits per heavy atom. The van der Waals surface area contributed by atoms with Gasteiger partial charge >= 0.3 is 0 Å². The Morgan fingerprint density at radius 1 is 1.26 bits per heavy atom. The first-order valence-electron chi connectivity index (χ1n) is 6.70. The number of ether oxygens (including phenoxy) is 1. The Bertz CT molecular complexity index is 405. The average Bonchev–Trinajstić information content (AvgIpc) is 2.37. The Kier molecular flexibility index (Phi) is 6.36. The zero-order chi connectivity index (χ0) is 14.3. The molecule has 0 saturated carbocycles. The van der Waals surface area contributed by atoms with Gasteiger partial charge in [-0.3, -0.25) is 4.79 Å². The number of rotatable bonds is 7. The second kappa shape index (κ2) is 7.79. The molecule has 0 unspecified atom stereocenters. The van der Waals surface area contributed by atoms with Crippen molar-refractivity contribution in [2.45, 2.75) is 39.3 Å². The van der Waals surface area contributed by atoms with Gasteiger partial charge in [0.25, 0.3) is 0 Å². The number of nitrogens with one attached hydrogen (secondary N) is 2. The lowest BCUT2D eigenvalue weighted by Crippen LogP contribution is -2.33. The minimum atomic E-state index is 0.0785. The van der Waals surface area contributed by atoms with E-state index in [0.717, 1.165) is 11.3 Å². The number of carbonyl (C=O) groups excluding carboxylic acids is 1. The molecule has 0 aliphatic carbocycles. The summed E-state index contributed by atoms with van der Waals surface area (Å²) in [7, 11) is 1.67. The van der Waals surface area contributed by atoms with E-state index in [1.165, 1.54) is 0 Å². The Labute approximate surface area is 115 Å². The predicted octanol–water partition coefficient (Wildman–Crippen LogP) is 2.26. The van der Waals surface area contributed by atoms with Crippen molar-refractivity contribution < 1.29 is 9.53 Å². The lowest BCUT2D eigenvalue weighted by Gasteiger charge is -2.17. The standard InChI is InChI=1S/C15H24N2O2/c1-11(2)17-15(18)9-10-16-12(3)13-7-5-6-8-14(13)19-4/h5-8,11-12,16H,9-10H2,1-4H3,(H,17,18)/t12-/m0/s1. The van der Waals surface area contributed by atoms with E-state index in [-0.39, 0.29) is 18.0 Å². The SMILES string of the molecule is COc1ccccc1[C@H](C)NCCC(=O)NC(C)C. The summed E-state index contributed by atoms with van der Waals surface area (Å²) in [5.41, 5.74) is 1.11. The number of carbonyl (C=O) groups is 1. The Hall–Kier alpha value is -1.55. The molecule has 0 fully saturated rings. The van der Waals surface area contributed by atoms with Crippen LogP contribution in [0.5, 0.6) is 5.75 Å². The fourth-order valence-electron chi connectivity index (χ4n) is 1.93. The van der Waals surface area contributed by atoms with Gasteiger partial charge in [-0.05, 0) is 26.8 Å². The monoisotopic (exact) mass is 264 g/mol. The second-order valence-corrected chi connectivity index (χ2v) is 4.89. The largest absolute Gasteiger partial charge is 0.496 e. The Morgan fingerprint density at radius 2 is 1.95 bits per heavy atom. The fourth-order valence-corrected chi connectivity index (χ4v) is 1.93. The van der Waals surface area contributed by atoms with Gasteiger partial charge in [0.15, 0.2) is 0 Å². The van der Waals surface area contributed by atoms with Crippen molar-refractivity contribution in [3.05, 3.63) is 29.8 Å². The number of amides is 1. The maximum atomic E-state index is 11.5. The molecule has 1 atom stereocenters. The van der Waals surface area contributed by atoms with E-state index in [1.54, 1.807) is 7.11 Å². The van der Waals surface area contributed by atoms with Crippen molar-refractivity contribution in [1.29, 1.82) is 0 Å². The molecule has 2 N–H and O–H groups in total. The molecular weight excluding hydrogens is 240 g/mol. The van der Waals surface area contributed by atoms with Crippen LogP contribution in [0.15, 0.2) is 24.3 Å². The molecule has 4 heteroatoms. The van der Waals surface area contributed by atoms with E-state index >= 15 is 0 Å². The highest BCUT2D eigenvalue weighted by Gasteiger charge is 2.10. The van der Waals surface area contributed by atoms with Crippen LogP contribution >= 0.6 is 0 Å². The van der Waals surface area contributed by atoms with E-state index < -0.39 is 0 Å². The molecule has 1 aromatic rings. The molecule has 4 nitrogen and oxygen atoms in total. The smallest absolute Gasteiger partial charge is 0.221 e. The second-order valence-electron chi connectivity index (χ2n) is 4.89. The summed E-state index contributed by atoms with van der Waals surface area (Å²) < 4.78 is 5.33. The van der Waals surface area contributed by atoms with Gasteiger partial charge < -0.3 is 15.4 Å². The van der Waals surface area contributed by atoms with E-state index in [9.17, 15) is 4.79 Å². The number of hydrogen-bond acceptors (Lipinski definition) is 3. The van der Waals surface area contributed by atoms with Crippen LogP contribution in [-0.4, -0.2) is 25.6 Å². The van der Waals surface area contributed by atoms with Gasteiger partial charge in [0, 0.05) is 30.6 Å². The highest BCUT2D eigenvalue weighted by Crippen LogP contribution is 2.23. The quantitative estimate of drug-likeness (QED) is 0.794. The van der Waals surface area contributed by atoms with Gasteiger partial charge in [0.1, 0.15) is 5.75 Å². The van der Waals surface area contributed by atoms with Crippen LogP contribution in [0.4, 0.5) is 0 Å². The third kappa shape index (κ3) is 5.30. The van der Waals surface area contributed by atoms with Crippen LogP contribution in [-0.2, 0) is 4.79 Å². The molecule has 0 aliphatic rings. The van der Waals surface area contributed by atoms with Crippen LogP contribution in [0, 0.1) is 0 Å². The minimum Gasteiger partial charge on any atom is -0.496 e. The number of para-hydroxylation sites is 1. The highest BCUT2D eigenvalue weighted by molar-refractivity contribution is 5.76. The van der Waals surface area contributed by atoms with Crippen molar-refractivity contribution in [3.8, 4) is 5.75 Å². The van der Waals surface area contributed by atoms with Crippen LogP contribution < -0.4 is 15.4 Å². The van der Waals surface area contributed by atoms with Gasteiger partial charge in [-0.25, -0.2) is 0 Å². The average molecular weight is 264 g/mol. The molecule has 0 radical (unpaired) electrons. The van der Waals surface area contributed by atoms with Crippen molar-refractivity contribution in [3.63, 3.8) is 0 Å². The lowest BCUT2D eigenvalue weighted by atomic mass is 10.1. The lowest BCUT2D eigenvalue weighted by molar-refractivity contribution is -0.121. The summed E-state index contributed by atoms with van der Waals surface area (Å²) in [6.45, 7) is 6.64. The predicted molar refractivity (Wildman–Crippen MR) is 77.3 cm³/mol. The first kappa shape index (κ1) is 15.5. The first-order valence-corrected chi connectivity index (χ1v) is 6.70. The van der Waals surface area contributed by atoms with Gasteiger partial charge in [0.05, 0.1) is 7.11 Å². The summed E-state index contributed by atoms with van der Waals surface area (Å²) in [6, 6.07) is 8.26. The maximum Gasteiger partial charge on any atom is 0.221 e. The zero-order valence-corrected chi connectivity index (χ0v) is 12.2. The van der Waals surface area contributed by atoms with Crippen LogP contribution in [0.2, 0.25) is 0 Å². The summed E-state index contributed by atoms with van der Waals surface area (Å²) in [5, 5.41) is 6.21. The third-order valence-corrected chi connectivity index (χ3v) is 2.86. The molecule has 1 rings (SSSR count). The fraction of sp³-hybridized carbons (Fsp3) is 0.533. The first-order chi connectivity index (χ1) is 9.04. The number of hydrogen-bond donors (Lipinski definition) is 2. The normalized spacial score (nSPS) is 12.3. The molecule has 1 aromatic carbocycles. The molecule has 1 amide bonds. The van der Waals surface area contributed by atoms with E-state index in [0.29, 0.717) is 13.0 Å². The number of benzene rings is 1. The van der Waals surface area contributed by atoms with Crippen molar-refractivity contribution in [2.24, 2.45) is 0 Å². The van der Waals surface area contributed by atoms with Crippen LogP contribution in [0.25, 0.3) is 0 Å². The summed E-state index contributed by atoms with van der Waals surface area (Å²) in [4.78, 5) is 11.5.